The molecule has 26 heavy (non-hydrogen) atoms. The van der Waals surface area contributed by atoms with E-state index in [9.17, 15) is 0 Å². The molecule has 2 rings (SSSR count). The van der Waals surface area contributed by atoms with Crippen molar-refractivity contribution in [2.75, 3.05) is 6.61 Å². The second-order valence-electron chi connectivity index (χ2n) is 7.35. The maximum atomic E-state index is 5.85. The van der Waals surface area contributed by atoms with E-state index in [0.717, 1.165) is 29.8 Å². The summed E-state index contributed by atoms with van der Waals surface area (Å²) in [5.41, 5.74) is 2.81. The Morgan fingerprint density at radius 2 is 1.23 bits per heavy atom. The zero-order chi connectivity index (χ0) is 18.5. The van der Waals surface area contributed by atoms with Crippen molar-refractivity contribution in [3.05, 3.63) is 16.5 Å². The van der Waals surface area contributed by atoms with E-state index in [0.29, 0.717) is 5.88 Å². The highest BCUT2D eigenvalue weighted by atomic mass is 32.1. The van der Waals surface area contributed by atoms with Crippen LogP contribution in [0.15, 0.2) is 10.8 Å². The summed E-state index contributed by atoms with van der Waals surface area (Å²) in [6, 6.07) is 0. The molecule has 0 aliphatic heterocycles. The number of hydrogen-bond acceptors (Lipinski definition) is 4. The molecule has 2 aromatic rings. The lowest BCUT2D eigenvalue weighted by molar-refractivity contribution is 0.291. The molecule has 2 aromatic heterocycles. The molecule has 3 nitrogen and oxygen atoms in total. The maximum Gasteiger partial charge on any atom is 0.235 e. The van der Waals surface area contributed by atoms with Gasteiger partial charge in [-0.25, -0.2) is 9.97 Å². The molecule has 0 radical (unpaired) electrons. The summed E-state index contributed by atoms with van der Waals surface area (Å²) in [7, 11) is 0. The normalized spacial score (nSPS) is 11.3. The molecule has 0 aliphatic carbocycles. The second kappa shape index (κ2) is 13.1. The van der Waals surface area contributed by atoms with Crippen molar-refractivity contribution in [3.8, 4) is 5.88 Å². The highest BCUT2D eigenvalue weighted by Gasteiger charge is 2.06. The molecule has 0 saturated carbocycles. The predicted molar refractivity (Wildman–Crippen MR) is 113 cm³/mol. The first-order valence-corrected chi connectivity index (χ1v) is 11.6. The second-order valence-corrected chi connectivity index (χ2v) is 8.09. The fourth-order valence-electron chi connectivity index (χ4n) is 3.30. The number of thiophene rings is 1. The third-order valence-electron chi connectivity index (χ3n) is 4.93. The molecular formula is C22H36N2OS. The van der Waals surface area contributed by atoms with Crippen LogP contribution in [-0.4, -0.2) is 16.6 Å². The van der Waals surface area contributed by atoms with Crippen LogP contribution in [0.4, 0.5) is 0 Å². The molecule has 0 unspecified atom stereocenters. The van der Waals surface area contributed by atoms with Crippen LogP contribution >= 0.6 is 11.3 Å². The molecule has 0 saturated heterocycles. The monoisotopic (exact) mass is 376 g/mol. The van der Waals surface area contributed by atoms with Crippen LogP contribution in [0.1, 0.15) is 96.1 Å². The van der Waals surface area contributed by atoms with Crippen LogP contribution in [0, 0.1) is 6.92 Å². The van der Waals surface area contributed by atoms with Gasteiger partial charge in [-0.15, -0.1) is 11.3 Å². The van der Waals surface area contributed by atoms with E-state index >= 15 is 0 Å². The van der Waals surface area contributed by atoms with Crippen LogP contribution in [0.3, 0.4) is 0 Å². The Morgan fingerprint density at radius 3 is 1.81 bits per heavy atom. The zero-order valence-electron chi connectivity index (χ0n) is 16.8. The van der Waals surface area contributed by atoms with Gasteiger partial charge >= 0.3 is 0 Å². The smallest absolute Gasteiger partial charge is 0.235 e. The van der Waals surface area contributed by atoms with Crippen molar-refractivity contribution in [2.24, 2.45) is 0 Å². The molecule has 146 valence electrons. The lowest BCUT2D eigenvalue weighted by atomic mass is 10.0. The van der Waals surface area contributed by atoms with Gasteiger partial charge in [0.15, 0.2) is 0 Å². The lowest BCUT2D eigenvalue weighted by Gasteiger charge is -2.07. The summed E-state index contributed by atoms with van der Waals surface area (Å²) < 4.78 is 5.85. The molecule has 0 aromatic carbocycles. The summed E-state index contributed by atoms with van der Waals surface area (Å²) in [5, 5.41) is 4.06. The van der Waals surface area contributed by atoms with Gasteiger partial charge in [0, 0.05) is 10.8 Å². The van der Waals surface area contributed by atoms with Gasteiger partial charge in [-0.1, -0.05) is 84.0 Å². The van der Waals surface area contributed by atoms with Crippen molar-refractivity contribution in [3.63, 3.8) is 0 Å². The standard InChI is InChI=1S/C22H36N2OS/c1-3-4-5-6-7-8-9-10-11-12-13-14-15-16-25-22-19(2)23-20-17-26-18-21(20)24-22/h17-18H,3-16H2,1-2H3. The minimum absolute atomic E-state index is 0.704. The van der Waals surface area contributed by atoms with Crippen LogP contribution in [0.25, 0.3) is 11.0 Å². The quantitative estimate of drug-likeness (QED) is 0.302. The number of hydrogen-bond donors (Lipinski definition) is 0. The Hall–Kier alpha value is -1.16. The van der Waals surface area contributed by atoms with Gasteiger partial charge in [0.25, 0.3) is 0 Å². The molecule has 4 heteroatoms. The van der Waals surface area contributed by atoms with Gasteiger partial charge in [0.1, 0.15) is 11.2 Å². The molecule has 0 bridgehead atoms. The SMILES string of the molecule is CCCCCCCCCCCCCCCOc1nc2cscc2nc1C. The van der Waals surface area contributed by atoms with Crippen LogP contribution in [0.2, 0.25) is 0 Å². The Kier molecular flexibility index (Phi) is 10.6. The first-order chi connectivity index (χ1) is 12.8. The highest BCUT2D eigenvalue weighted by Crippen LogP contribution is 2.21. The zero-order valence-corrected chi connectivity index (χ0v) is 17.6. The summed E-state index contributed by atoms with van der Waals surface area (Å²) in [4.78, 5) is 9.10. The first kappa shape index (κ1) is 21.1. The van der Waals surface area contributed by atoms with E-state index in [2.05, 4.69) is 16.9 Å². The Bertz CT molecular complexity index is 611. The van der Waals surface area contributed by atoms with Gasteiger partial charge in [-0.05, 0) is 13.3 Å². The van der Waals surface area contributed by atoms with Crippen LogP contribution in [-0.2, 0) is 0 Å². The molecule has 0 aliphatic rings. The van der Waals surface area contributed by atoms with Crippen LogP contribution in [0.5, 0.6) is 5.88 Å². The van der Waals surface area contributed by atoms with E-state index in [4.69, 9.17) is 4.74 Å². The van der Waals surface area contributed by atoms with E-state index < -0.39 is 0 Å². The van der Waals surface area contributed by atoms with E-state index in [1.807, 2.05) is 17.7 Å². The molecule has 0 spiro atoms. The summed E-state index contributed by atoms with van der Waals surface area (Å²) >= 11 is 1.64. The Labute approximate surface area is 163 Å². The number of rotatable bonds is 15. The summed E-state index contributed by atoms with van der Waals surface area (Å²) in [5.74, 6) is 0.704. The van der Waals surface area contributed by atoms with Gasteiger partial charge in [-0.2, -0.15) is 0 Å². The molecule has 2 heterocycles. The van der Waals surface area contributed by atoms with Crippen molar-refractivity contribution < 1.29 is 4.74 Å². The fraction of sp³-hybridized carbons (Fsp3) is 0.727. The maximum absolute atomic E-state index is 5.85. The number of unbranched alkanes of at least 4 members (excludes halogenated alkanes) is 12. The third-order valence-corrected chi connectivity index (χ3v) is 5.65. The van der Waals surface area contributed by atoms with E-state index in [1.54, 1.807) is 11.3 Å². The predicted octanol–water partition coefficient (Wildman–Crippen LogP) is 7.47. The lowest BCUT2D eigenvalue weighted by Crippen LogP contribution is -2.02. The molecule has 0 fully saturated rings. The summed E-state index contributed by atoms with van der Waals surface area (Å²) in [6.45, 7) is 5.01. The Balaban J connectivity index is 1.42. The average Bonchev–Trinajstić information content (AvgIpc) is 3.09. The molecule has 0 N–H and O–H groups in total. The van der Waals surface area contributed by atoms with Gasteiger partial charge < -0.3 is 4.74 Å². The number of nitrogens with zero attached hydrogens (tertiary/aromatic N) is 2. The van der Waals surface area contributed by atoms with Crippen molar-refractivity contribution >= 4 is 22.4 Å². The van der Waals surface area contributed by atoms with Crippen molar-refractivity contribution in [1.29, 1.82) is 0 Å². The molecular weight excluding hydrogens is 340 g/mol. The minimum atomic E-state index is 0.704. The fourth-order valence-corrected chi connectivity index (χ4v) is 3.97. The number of aryl methyl sites for hydroxylation is 1. The van der Waals surface area contributed by atoms with Gasteiger partial charge in [0.2, 0.25) is 5.88 Å². The molecule has 0 amide bonds. The topological polar surface area (TPSA) is 35.0 Å². The number of aromatic nitrogens is 2. The van der Waals surface area contributed by atoms with Crippen molar-refractivity contribution in [2.45, 2.75) is 97.3 Å². The largest absolute Gasteiger partial charge is 0.476 e. The van der Waals surface area contributed by atoms with Gasteiger partial charge in [0.05, 0.1) is 12.1 Å². The highest BCUT2D eigenvalue weighted by molar-refractivity contribution is 7.09. The minimum Gasteiger partial charge on any atom is -0.476 e. The van der Waals surface area contributed by atoms with E-state index in [1.165, 1.54) is 77.0 Å². The van der Waals surface area contributed by atoms with E-state index in [-0.39, 0.29) is 0 Å². The van der Waals surface area contributed by atoms with Gasteiger partial charge in [-0.3, -0.25) is 0 Å². The average molecular weight is 377 g/mol. The number of fused-ring (bicyclic) bond motifs is 1. The molecule has 0 atom stereocenters. The van der Waals surface area contributed by atoms with Crippen LogP contribution < -0.4 is 4.74 Å². The Morgan fingerprint density at radius 1 is 0.731 bits per heavy atom. The van der Waals surface area contributed by atoms with Crippen molar-refractivity contribution in [1.82, 2.24) is 9.97 Å². The first-order valence-electron chi connectivity index (χ1n) is 10.6. The number of ether oxygens (including phenoxy) is 1. The summed E-state index contributed by atoms with van der Waals surface area (Å²) in [6.07, 6.45) is 17.8. The third kappa shape index (κ3) is 8.03.